The Labute approximate surface area is 195 Å². The molecule has 174 valence electrons. The van der Waals surface area contributed by atoms with Crippen LogP contribution < -0.4 is 14.8 Å². The van der Waals surface area contributed by atoms with Crippen LogP contribution >= 0.6 is 0 Å². The highest BCUT2D eigenvalue weighted by molar-refractivity contribution is 6.07. The number of nitrogens with one attached hydrogen (secondary N) is 1. The zero-order chi connectivity index (χ0) is 23.2. The average Bonchev–Trinajstić information content (AvgIpc) is 2.86. The van der Waals surface area contributed by atoms with Crippen LogP contribution in [0.1, 0.15) is 43.0 Å². The fraction of sp³-hybridized carbons (Fsp3) is 0.407. The highest BCUT2D eigenvalue weighted by Crippen LogP contribution is 2.34. The van der Waals surface area contributed by atoms with Gasteiger partial charge in [-0.2, -0.15) is 0 Å². The van der Waals surface area contributed by atoms with Crippen LogP contribution in [0.25, 0.3) is 22.2 Å². The normalized spacial score (nSPS) is 16.5. The molecule has 1 aromatic heterocycles. The number of ether oxygens (including phenoxy) is 2. The van der Waals surface area contributed by atoms with E-state index in [-0.39, 0.29) is 5.91 Å². The number of likely N-dealkylation sites (tertiary alicyclic amines) is 1. The summed E-state index contributed by atoms with van der Waals surface area (Å²) in [6, 6.07) is 15.9. The van der Waals surface area contributed by atoms with E-state index in [4.69, 9.17) is 14.5 Å². The van der Waals surface area contributed by atoms with Crippen molar-refractivity contribution in [3.05, 3.63) is 54.1 Å². The smallest absolute Gasteiger partial charge is 0.252 e. The molecule has 6 heteroatoms. The Bertz CT molecular complexity index is 1110. The molecule has 0 bridgehead atoms. The minimum absolute atomic E-state index is 0.0750. The summed E-state index contributed by atoms with van der Waals surface area (Å²) in [4.78, 5) is 20.6. The summed E-state index contributed by atoms with van der Waals surface area (Å²) in [6.45, 7) is 5.14. The Hall–Kier alpha value is -3.12. The maximum atomic E-state index is 13.2. The largest absolute Gasteiger partial charge is 0.497 e. The zero-order valence-electron chi connectivity index (χ0n) is 19.8. The molecule has 2 heterocycles. The van der Waals surface area contributed by atoms with Crippen LogP contribution in [-0.2, 0) is 0 Å². The van der Waals surface area contributed by atoms with Crippen molar-refractivity contribution in [3.8, 4) is 22.8 Å². The first-order valence-electron chi connectivity index (χ1n) is 11.7. The van der Waals surface area contributed by atoms with E-state index in [1.807, 2.05) is 48.5 Å². The van der Waals surface area contributed by atoms with Crippen LogP contribution in [-0.4, -0.2) is 55.7 Å². The van der Waals surface area contributed by atoms with Crippen LogP contribution in [0.15, 0.2) is 48.5 Å². The molecule has 2 aromatic carbocycles. The number of fused-ring (bicyclic) bond motifs is 1. The van der Waals surface area contributed by atoms with Crippen LogP contribution in [0.2, 0.25) is 0 Å². The lowest BCUT2D eigenvalue weighted by Gasteiger charge is -2.33. The fourth-order valence-electron chi connectivity index (χ4n) is 4.58. The number of hydrogen-bond acceptors (Lipinski definition) is 5. The maximum Gasteiger partial charge on any atom is 0.252 e. The number of aromatic nitrogens is 1. The van der Waals surface area contributed by atoms with E-state index in [9.17, 15) is 4.79 Å². The van der Waals surface area contributed by atoms with Gasteiger partial charge < -0.3 is 19.7 Å². The molecule has 1 N–H and O–H groups in total. The third-order valence-corrected chi connectivity index (χ3v) is 6.49. The van der Waals surface area contributed by atoms with Gasteiger partial charge in [0, 0.05) is 36.1 Å². The first-order chi connectivity index (χ1) is 16.1. The van der Waals surface area contributed by atoms with Crippen molar-refractivity contribution < 1.29 is 14.3 Å². The molecule has 3 aromatic rings. The highest BCUT2D eigenvalue weighted by atomic mass is 16.5. The van der Waals surface area contributed by atoms with E-state index < -0.39 is 0 Å². The van der Waals surface area contributed by atoms with Gasteiger partial charge in [0.2, 0.25) is 0 Å². The quantitative estimate of drug-likeness (QED) is 0.497. The molecule has 1 saturated heterocycles. The highest BCUT2D eigenvalue weighted by Gasteiger charge is 2.19. The molecular weight excluding hydrogens is 414 g/mol. The molecule has 6 nitrogen and oxygen atoms in total. The summed E-state index contributed by atoms with van der Waals surface area (Å²) >= 11 is 0. The number of para-hydroxylation sites is 1. The van der Waals surface area contributed by atoms with Gasteiger partial charge in [0.15, 0.2) is 0 Å². The number of benzene rings is 2. The molecule has 1 unspecified atom stereocenters. The number of amides is 1. The van der Waals surface area contributed by atoms with E-state index in [1.54, 1.807) is 14.2 Å². The molecule has 1 aliphatic rings. The number of carbonyl (C=O) groups is 1. The van der Waals surface area contributed by atoms with E-state index >= 15 is 0 Å². The van der Waals surface area contributed by atoms with E-state index in [0.717, 1.165) is 36.0 Å². The Balaban J connectivity index is 1.55. The molecular formula is C27H33N3O3. The summed E-state index contributed by atoms with van der Waals surface area (Å²) in [7, 11) is 3.24. The predicted octanol–water partition coefficient (Wildman–Crippen LogP) is 4.91. The van der Waals surface area contributed by atoms with Crippen LogP contribution in [0.3, 0.4) is 0 Å². The summed E-state index contributed by atoms with van der Waals surface area (Å²) in [5.41, 5.74) is 2.91. The fourth-order valence-corrected chi connectivity index (χ4v) is 4.58. The van der Waals surface area contributed by atoms with Crippen LogP contribution in [0.5, 0.6) is 11.5 Å². The molecule has 1 amide bonds. The molecule has 0 aliphatic carbocycles. The monoisotopic (exact) mass is 447 g/mol. The summed E-state index contributed by atoms with van der Waals surface area (Å²) < 4.78 is 10.9. The topological polar surface area (TPSA) is 63.7 Å². The number of piperidine rings is 1. The number of methoxy groups -OCH3 is 2. The molecule has 1 aliphatic heterocycles. The number of nitrogens with zero attached hydrogens (tertiary/aromatic N) is 2. The second-order valence-electron chi connectivity index (χ2n) is 8.63. The summed E-state index contributed by atoms with van der Waals surface area (Å²) in [6.07, 6.45) is 4.81. The Morgan fingerprint density at radius 3 is 2.76 bits per heavy atom. The Kier molecular flexibility index (Phi) is 7.45. The zero-order valence-corrected chi connectivity index (χ0v) is 19.8. The lowest BCUT2D eigenvalue weighted by Crippen LogP contribution is -2.39. The van der Waals surface area contributed by atoms with Crippen molar-refractivity contribution in [2.45, 2.75) is 38.6 Å². The van der Waals surface area contributed by atoms with Crippen molar-refractivity contribution in [3.63, 3.8) is 0 Å². The van der Waals surface area contributed by atoms with Gasteiger partial charge in [0.25, 0.3) is 5.91 Å². The number of pyridine rings is 1. The average molecular weight is 448 g/mol. The lowest BCUT2D eigenvalue weighted by molar-refractivity contribution is 0.0950. The van der Waals surface area contributed by atoms with E-state index in [0.29, 0.717) is 35.3 Å². The van der Waals surface area contributed by atoms with Crippen molar-refractivity contribution in [1.29, 1.82) is 0 Å². The van der Waals surface area contributed by atoms with Crippen molar-refractivity contribution in [1.82, 2.24) is 15.2 Å². The molecule has 0 radical (unpaired) electrons. The first-order valence-corrected chi connectivity index (χ1v) is 11.7. The van der Waals surface area contributed by atoms with Crippen molar-refractivity contribution >= 4 is 16.8 Å². The van der Waals surface area contributed by atoms with E-state index in [1.165, 1.54) is 19.3 Å². The molecule has 33 heavy (non-hydrogen) atoms. The Morgan fingerprint density at radius 2 is 1.97 bits per heavy atom. The van der Waals surface area contributed by atoms with Gasteiger partial charge in [-0.05, 0) is 57.0 Å². The molecule has 0 saturated carbocycles. The van der Waals surface area contributed by atoms with Crippen molar-refractivity contribution in [2.75, 3.05) is 33.9 Å². The Morgan fingerprint density at radius 1 is 1.12 bits per heavy atom. The first kappa shape index (κ1) is 23.1. The summed E-state index contributed by atoms with van der Waals surface area (Å²) in [5, 5.41) is 3.97. The standard InChI is InChI=1S/C27H33N3O3/c1-19-9-6-7-15-30(19)16-8-14-28-27(31)23-18-25(29-24-11-5-4-10-21(23)24)22-13-12-20(32-2)17-26(22)33-3/h4-5,10-13,17-19H,6-9,14-16H2,1-3H3,(H,28,31). The van der Waals surface area contributed by atoms with Gasteiger partial charge in [0.05, 0.1) is 31.0 Å². The van der Waals surface area contributed by atoms with Gasteiger partial charge in [-0.3, -0.25) is 4.79 Å². The SMILES string of the molecule is COc1ccc(-c2cc(C(=O)NCCCN3CCCCC3C)c3ccccc3n2)c(OC)c1. The minimum Gasteiger partial charge on any atom is -0.497 e. The molecule has 0 spiro atoms. The van der Waals surface area contributed by atoms with Crippen LogP contribution in [0, 0.1) is 0 Å². The molecule has 1 atom stereocenters. The van der Waals surface area contributed by atoms with Gasteiger partial charge in [-0.25, -0.2) is 4.98 Å². The third-order valence-electron chi connectivity index (χ3n) is 6.49. The van der Waals surface area contributed by atoms with Gasteiger partial charge in [-0.1, -0.05) is 24.6 Å². The number of rotatable bonds is 8. The van der Waals surface area contributed by atoms with E-state index in [2.05, 4.69) is 17.1 Å². The predicted molar refractivity (Wildman–Crippen MR) is 132 cm³/mol. The minimum atomic E-state index is -0.0750. The van der Waals surface area contributed by atoms with Gasteiger partial charge >= 0.3 is 0 Å². The third kappa shape index (κ3) is 5.28. The van der Waals surface area contributed by atoms with Gasteiger partial charge in [-0.15, -0.1) is 0 Å². The molecule has 4 rings (SSSR count). The van der Waals surface area contributed by atoms with Crippen LogP contribution in [0.4, 0.5) is 0 Å². The summed E-state index contributed by atoms with van der Waals surface area (Å²) in [5.74, 6) is 1.28. The number of carbonyl (C=O) groups excluding carboxylic acids is 1. The lowest BCUT2D eigenvalue weighted by atomic mass is 10.0. The number of hydrogen-bond donors (Lipinski definition) is 1. The van der Waals surface area contributed by atoms with Gasteiger partial charge in [0.1, 0.15) is 11.5 Å². The maximum absolute atomic E-state index is 13.2. The molecule has 1 fully saturated rings. The second kappa shape index (κ2) is 10.7. The van der Waals surface area contributed by atoms with Crippen molar-refractivity contribution in [2.24, 2.45) is 0 Å². The second-order valence-corrected chi connectivity index (χ2v) is 8.63.